The van der Waals surface area contributed by atoms with E-state index in [1.54, 1.807) is 7.11 Å². The number of rotatable bonds is 4. The first-order chi connectivity index (χ1) is 11.6. The zero-order valence-corrected chi connectivity index (χ0v) is 16.1. The Morgan fingerprint density at radius 1 is 1.25 bits per heavy atom. The minimum atomic E-state index is 0.100. The van der Waals surface area contributed by atoms with Crippen LogP contribution in [-0.2, 0) is 0 Å². The van der Waals surface area contributed by atoms with Crippen LogP contribution in [0, 0.1) is 11.8 Å². The second kappa shape index (κ2) is 7.77. The number of hydrogen-bond acceptors (Lipinski definition) is 3. The molecule has 0 bridgehead atoms. The molecule has 5 heteroatoms. The minimum absolute atomic E-state index is 0.100. The van der Waals surface area contributed by atoms with Crippen LogP contribution in [0.15, 0.2) is 16.6 Å². The van der Waals surface area contributed by atoms with E-state index in [4.69, 9.17) is 9.47 Å². The number of likely N-dealkylation sites (tertiary alicyclic amines) is 1. The predicted octanol–water partition coefficient (Wildman–Crippen LogP) is 4.51. The Hall–Kier alpha value is -1.23. The molecule has 1 heterocycles. The number of carbonyl (C=O) groups excluding carboxylic acids is 1. The first-order valence-corrected chi connectivity index (χ1v) is 9.73. The second-order valence-electron chi connectivity index (χ2n) is 6.77. The van der Waals surface area contributed by atoms with Crippen LogP contribution in [0.2, 0.25) is 0 Å². The van der Waals surface area contributed by atoms with Gasteiger partial charge >= 0.3 is 0 Å². The third kappa shape index (κ3) is 3.56. The lowest BCUT2D eigenvalue weighted by molar-refractivity contribution is 0.0520. The van der Waals surface area contributed by atoms with Gasteiger partial charge in [-0.15, -0.1) is 0 Å². The summed E-state index contributed by atoms with van der Waals surface area (Å²) in [6.07, 6.45) is 6.43. The fourth-order valence-corrected chi connectivity index (χ4v) is 4.72. The Kier molecular flexibility index (Phi) is 5.69. The molecule has 2 fully saturated rings. The summed E-state index contributed by atoms with van der Waals surface area (Å²) in [5.74, 6) is 2.86. The molecule has 1 saturated heterocycles. The molecule has 0 N–H and O–H groups in total. The summed E-state index contributed by atoms with van der Waals surface area (Å²) >= 11 is 3.50. The second-order valence-corrected chi connectivity index (χ2v) is 7.62. The maximum absolute atomic E-state index is 13.0. The van der Waals surface area contributed by atoms with Gasteiger partial charge in [0, 0.05) is 18.7 Å². The number of halogens is 1. The van der Waals surface area contributed by atoms with Gasteiger partial charge in [-0.2, -0.15) is 0 Å². The van der Waals surface area contributed by atoms with Crippen molar-refractivity contribution in [3.8, 4) is 11.5 Å². The van der Waals surface area contributed by atoms with Gasteiger partial charge in [-0.3, -0.25) is 4.79 Å². The topological polar surface area (TPSA) is 38.8 Å². The van der Waals surface area contributed by atoms with Gasteiger partial charge in [0.2, 0.25) is 0 Å². The largest absolute Gasteiger partial charge is 0.492 e. The highest BCUT2D eigenvalue weighted by Crippen LogP contribution is 2.39. The molecule has 0 spiro atoms. The van der Waals surface area contributed by atoms with Crippen molar-refractivity contribution in [1.29, 1.82) is 0 Å². The van der Waals surface area contributed by atoms with Gasteiger partial charge in [-0.05, 0) is 59.7 Å². The summed E-state index contributed by atoms with van der Waals surface area (Å²) < 4.78 is 11.8. The average molecular weight is 396 g/mol. The Morgan fingerprint density at radius 3 is 2.71 bits per heavy atom. The molecule has 1 aromatic carbocycles. The van der Waals surface area contributed by atoms with Crippen molar-refractivity contribution in [1.82, 2.24) is 4.90 Å². The summed E-state index contributed by atoms with van der Waals surface area (Å²) in [5.41, 5.74) is 0.667. The monoisotopic (exact) mass is 395 g/mol. The lowest BCUT2D eigenvalue weighted by Crippen LogP contribution is -2.44. The molecule has 1 aromatic rings. The molecule has 1 amide bonds. The summed E-state index contributed by atoms with van der Waals surface area (Å²) in [4.78, 5) is 15.0. The first kappa shape index (κ1) is 17.6. The number of carbonyl (C=O) groups is 1. The standard InChI is InChI=1S/C19H26BrNO3/c1-3-24-17-11-15(10-16(20)18(17)23-2)19(22)21-9-8-13-6-4-5-7-14(13)12-21/h10-11,13-14H,3-9,12H2,1-2H3/t13-,14+/m0/s1. The lowest BCUT2D eigenvalue weighted by Gasteiger charge is -2.41. The van der Waals surface area contributed by atoms with Gasteiger partial charge < -0.3 is 14.4 Å². The number of fused-ring (bicyclic) bond motifs is 1. The van der Waals surface area contributed by atoms with Crippen LogP contribution in [0.25, 0.3) is 0 Å². The Balaban J connectivity index is 1.79. The van der Waals surface area contributed by atoms with E-state index in [2.05, 4.69) is 15.9 Å². The summed E-state index contributed by atoms with van der Waals surface area (Å²) in [6.45, 7) is 4.23. The maximum atomic E-state index is 13.0. The van der Waals surface area contributed by atoms with E-state index < -0.39 is 0 Å². The third-order valence-corrected chi connectivity index (χ3v) is 5.93. The van der Waals surface area contributed by atoms with E-state index >= 15 is 0 Å². The summed E-state index contributed by atoms with van der Waals surface area (Å²) in [5, 5.41) is 0. The van der Waals surface area contributed by atoms with Crippen LogP contribution in [-0.4, -0.2) is 37.6 Å². The van der Waals surface area contributed by atoms with Crippen LogP contribution in [0.5, 0.6) is 11.5 Å². The molecule has 2 atom stereocenters. The summed E-state index contributed by atoms with van der Waals surface area (Å²) in [6, 6.07) is 3.65. The summed E-state index contributed by atoms with van der Waals surface area (Å²) in [7, 11) is 1.61. The highest BCUT2D eigenvalue weighted by Gasteiger charge is 2.33. The van der Waals surface area contributed by atoms with Crippen LogP contribution >= 0.6 is 15.9 Å². The van der Waals surface area contributed by atoms with Gasteiger partial charge in [-0.25, -0.2) is 0 Å². The Bertz CT molecular complexity index is 605. The highest BCUT2D eigenvalue weighted by molar-refractivity contribution is 9.10. The zero-order chi connectivity index (χ0) is 17.1. The molecule has 4 nitrogen and oxygen atoms in total. The van der Waals surface area contributed by atoms with Crippen molar-refractivity contribution >= 4 is 21.8 Å². The van der Waals surface area contributed by atoms with E-state index in [-0.39, 0.29) is 5.91 Å². The van der Waals surface area contributed by atoms with Gasteiger partial charge in [0.15, 0.2) is 11.5 Å². The number of hydrogen-bond donors (Lipinski definition) is 0. The quantitative estimate of drug-likeness (QED) is 0.752. The molecule has 1 saturated carbocycles. The van der Waals surface area contributed by atoms with Crippen molar-refractivity contribution in [2.24, 2.45) is 11.8 Å². The van der Waals surface area contributed by atoms with E-state index in [9.17, 15) is 4.79 Å². The number of nitrogens with zero attached hydrogens (tertiary/aromatic N) is 1. The third-order valence-electron chi connectivity index (χ3n) is 5.34. The van der Waals surface area contributed by atoms with E-state index in [0.717, 1.165) is 29.9 Å². The van der Waals surface area contributed by atoms with Crippen LogP contribution in [0.3, 0.4) is 0 Å². The predicted molar refractivity (Wildman–Crippen MR) is 97.8 cm³/mol. The first-order valence-electron chi connectivity index (χ1n) is 8.93. The minimum Gasteiger partial charge on any atom is -0.492 e. The molecule has 132 valence electrons. The Morgan fingerprint density at radius 2 is 2.00 bits per heavy atom. The van der Waals surface area contributed by atoms with E-state index in [1.807, 2.05) is 24.0 Å². The van der Waals surface area contributed by atoms with Crippen molar-refractivity contribution in [3.05, 3.63) is 22.2 Å². The smallest absolute Gasteiger partial charge is 0.254 e. The lowest BCUT2D eigenvalue weighted by atomic mass is 9.75. The fourth-order valence-electron chi connectivity index (χ4n) is 4.12. The van der Waals surface area contributed by atoms with Crippen molar-refractivity contribution < 1.29 is 14.3 Å². The molecule has 0 unspecified atom stereocenters. The molecule has 0 aromatic heterocycles. The molecule has 0 radical (unpaired) electrons. The number of ether oxygens (including phenoxy) is 2. The Labute approximate surface area is 152 Å². The number of methoxy groups -OCH3 is 1. The van der Waals surface area contributed by atoms with Gasteiger partial charge in [0.05, 0.1) is 18.2 Å². The fraction of sp³-hybridized carbons (Fsp3) is 0.632. The molecule has 1 aliphatic heterocycles. The molecule has 24 heavy (non-hydrogen) atoms. The molecule has 2 aliphatic rings. The maximum Gasteiger partial charge on any atom is 0.254 e. The van der Waals surface area contributed by atoms with Crippen molar-refractivity contribution in [3.63, 3.8) is 0 Å². The van der Waals surface area contributed by atoms with Crippen LogP contribution < -0.4 is 9.47 Å². The van der Waals surface area contributed by atoms with Crippen LogP contribution in [0.4, 0.5) is 0 Å². The number of amides is 1. The van der Waals surface area contributed by atoms with E-state index in [0.29, 0.717) is 29.6 Å². The van der Waals surface area contributed by atoms with Crippen molar-refractivity contribution in [2.45, 2.75) is 39.0 Å². The highest BCUT2D eigenvalue weighted by atomic mass is 79.9. The SMILES string of the molecule is CCOc1cc(C(=O)N2CC[C@@H]3CCCC[C@@H]3C2)cc(Br)c1OC. The van der Waals surface area contributed by atoms with Gasteiger partial charge in [0.1, 0.15) is 0 Å². The molecule has 3 rings (SSSR count). The molecular formula is C19H26BrNO3. The number of piperidine rings is 1. The average Bonchev–Trinajstić information content (AvgIpc) is 2.60. The normalized spacial score (nSPS) is 23.5. The molecular weight excluding hydrogens is 370 g/mol. The molecule has 1 aliphatic carbocycles. The van der Waals surface area contributed by atoms with Crippen molar-refractivity contribution in [2.75, 3.05) is 26.8 Å². The zero-order valence-electron chi connectivity index (χ0n) is 14.5. The van der Waals surface area contributed by atoms with Gasteiger partial charge in [-0.1, -0.05) is 19.3 Å². The number of benzene rings is 1. The van der Waals surface area contributed by atoms with E-state index in [1.165, 1.54) is 25.7 Å². The van der Waals surface area contributed by atoms with Gasteiger partial charge in [0.25, 0.3) is 5.91 Å². The van der Waals surface area contributed by atoms with Crippen LogP contribution in [0.1, 0.15) is 49.4 Å².